The standard InChI is InChI=1S/C23H22F3N5O2/c1-11(14-5-4-6-15(20(14)24)21(25)26)27-22-17-8-19-18(7-16(17)12(2)28-29-22)30(3)23(32)31(19)13-9-33-10-13/h4-8,11,13,21H,9-10H2,1-3H3,(H,27,29)/t11-/m1/s1. The number of nitrogens with one attached hydrogen (secondary N) is 1. The third-order valence-electron chi connectivity index (χ3n) is 6.27. The lowest BCUT2D eigenvalue weighted by Gasteiger charge is -2.27. The predicted molar refractivity (Wildman–Crippen MR) is 118 cm³/mol. The van der Waals surface area contributed by atoms with Gasteiger partial charge in [0, 0.05) is 23.4 Å². The van der Waals surface area contributed by atoms with E-state index < -0.39 is 23.8 Å². The van der Waals surface area contributed by atoms with Crippen molar-refractivity contribution in [1.29, 1.82) is 0 Å². The number of imidazole rings is 1. The fourth-order valence-corrected chi connectivity index (χ4v) is 4.32. The van der Waals surface area contributed by atoms with E-state index in [1.54, 1.807) is 23.1 Å². The first-order valence-electron chi connectivity index (χ1n) is 10.6. The van der Waals surface area contributed by atoms with Gasteiger partial charge in [-0.3, -0.25) is 9.13 Å². The number of ether oxygens (including phenoxy) is 1. The highest BCUT2D eigenvalue weighted by molar-refractivity contribution is 6.01. The number of aryl methyl sites for hydroxylation is 2. The summed E-state index contributed by atoms with van der Waals surface area (Å²) in [6, 6.07) is 7.00. The third kappa shape index (κ3) is 3.36. The molecular formula is C23H22F3N5O2. The van der Waals surface area contributed by atoms with Crippen LogP contribution in [-0.2, 0) is 11.8 Å². The third-order valence-corrected chi connectivity index (χ3v) is 6.27. The Morgan fingerprint density at radius 1 is 1.12 bits per heavy atom. The number of benzene rings is 2. The number of halogens is 3. The second-order valence-electron chi connectivity index (χ2n) is 8.34. The van der Waals surface area contributed by atoms with Crippen LogP contribution in [-0.4, -0.2) is 32.5 Å². The van der Waals surface area contributed by atoms with Gasteiger partial charge in [0.05, 0.1) is 47.6 Å². The van der Waals surface area contributed by atoms with Gasteiger partial charge in [-0.2, -0.15) is 5.10 Å². The van der Waals surface area contributed by atoms with E-state index in [1.165, 1.54) is 12.1 Å². The summed E-state index contributed by atoms with van der Waals surface area (Å²) in [5, 5.41) is 13.1. The molecule has 7 nitrogen and oxygen atoms in total. The van der Waals surface area contributed by atoms with E-state index in [1.807, 2.05) is 19.1 Å². The zero-order chi connectivity index (χ0) is 23.4. The SMILES string of the molecule is Cc1nnc(N[C@H](C)c2cccc(C(F)F)c2F)c2cc3c(cc12)n(C)c(=O)n3C1COC1. The molecular weight excluding hydrogens is 435 g/mol. The smallest absolute Gasteiger partial charge is 0.329 e. The number of rotatable bonds is 5. The molecule has 1 fully saturated rings. The Morgan fingerprint density at radius 2 is 1.82 bits per heavy atom. The van der Waals surface area contributed by atoms with Crippen molar-refractivity contribution in [3.05, 3.63) is 63.5 Å². The zero-order valence-corrected chi connectivity index (χ0v) is 18.3. The van der Waals surface area contributed by atoms with Crippen LogP contribution in [0.2, 0.25) is 0 Å². The first kappa shape index (κ1) is 21.4. The molecule has 10 heteroatoms. The van der Waals surface area contributed by atoms with Gasteiger partial charge in [-0.05, 0) is 26.0 Å². The topological polar surface area (TPSA) is 74.0 Å². The lowest BCUT2D eigenvalue weighted by Crippen LogP contribution is -2.37. The van der Waals surface area contributed by atoms with Crippen molar-refractivity contribution < 1.29 is 17.9 Å². The van der Waals surface area contributed by atoms with Crippen LogP contribution >= 0.6 is 0 Å². The van der Waals surface area contributed by atoms with Crippen molar-refractivity contribution in [2.75, 3.05) is 18.5 Å². The molecule has 1 saturated heterocycles. The average Bonchev–Trinajstić information content (AvgIpc) is 2.98. The second-order valence-corrected chi connectivity index (χ2v) is 8.34. The van der Waals surface area contributed by atoms with Crippen LogP contribution in [0.15, 0.2) is 35.1 Å². The summed E-state index contributed by atoms with van der Waals surface area (Å²) in [6.07, 6.45) is -2.91. The van der Waals surface area contributed by atoms with Crippen LogP contribution in [0.3, 0.4) is 0 Å². The molecule has 33 heavy (non-hydrogen) atoms. The molecule has 172 valence electrons. The molecule has 1 atom stereocenters. The number of fused-ring (bicyclic) bond motifs is 2. The fraction of sp³-hybridized carbons (Fsp3) is 0.348. The van der Waals surface area contributed by atoms with Gasteiger partial charge in [-0.1, -0.05) is 18.2 Å². The van der Waals surface area contributed by atoms with E-state index in [-0.39, 0.29) is 17.3 Å². The van der Waals surface area contributed by atoms with E-state index in [0.29, 0.717) is 30.1 Å². The maximum atomic E-state index is 14.7. The van der Waals surface area contributed by atoms with Gasteiger partial charge in [0.1, 0.15) is 5.82 Å². The molecule has 1 N–H and O–H groups in total. The first-order valence-corrected chi connectivity index (χ1v) is 10.6. The number of alkyl halides is 2. The monoisotopic (exact) mass is 457 g/mol. The van der Waals surface area contributed by atoms with E-state index in [2.05, 4.69) is 15.5 Å². The molecule has 2 aromatic heterocycles. The van der Waals surface area contributed by atoms with Crippen LogP contribution in [0.4, 0.5) is 19.0 Å². The Hall–Kier alpha value is -3.40. The molecule has 0 aliphatic carbocycles. The Bertz CT molecular complexity index is 1440. The summed E-state index contributed by atoms with van der Waals surface area (Å²) in [5.74, 6) is -0.569. The Labute approximate surface area is 186 Å². The average molecular weight is 457 g/mol. The van der Waals surface area contributed by atoms with Crippen LogP contribution < -0.4 is 11.0 Å². The van der Waals surface area contributed by atoms with Crippen molar-refractivity contribution >= 4 is 27.6 Å². The Kier molecular flexibility index (Phi) is 5.12. The predicted octanol–water partition coefficient (Wildman–Crippen LogP) is 4.41. The minimum Gasteiger partial charge on any atom is -0.377 e. The van der Waals surface area contributed by atoms with Gasteiger partial charge in [-0.15, -0.1) is 5.10 Å². The van der Waals surface area contributed by atoms with Gasteiger partial charge in [-0.25, -0.2) is 18.0 Å². The van der Waals surface area contributed by atoms with Crippen LogP contribution in [0.5, 0.6) is 0 Å². The fourth-order valence-electron chi connectivity index (χ4n) is 4.32. The van der Waals surface area contributed by atoms with Gasteiger partial charge >= 0.3 is 5.69 Å². The maximum absolute atomic E-state index is 14.7. The van der Waals surface area contributed by atoms with Gasteiger partial charge in [0.15, 0.2) is 5.82 Å². The number of hydrogen-bond acceptors (Lipinski definition) is 5. The molecule has 4 aromatic rings. The number of hydrogen-bond donors (Lipinski definition) is 1. The number of nitrogens with zero attached hydrogens (tertiary/aromatic N) is 4. The van der Waals surface area contributed by atoms with E-state index >= 15 is 0 Å². The molecule has 1 aliphatic rings. The summed E-state index contributed by atoms with van der Waals surface area (Å²) in [4.78, 5) is 12.9. The van der Waals surface area contributed by atoms with Crippen molar-refractivity contribution in [1.82, 2.24) is 19.3 Å². The molecule has 0 spiro atoms. The highest BCUT2D eigenvalue weighted by atomic mass is 19.3. The van der Waals surface area contributed by atoms with Crippen molar-refractivity contribution in [3.8, 4) is 0 Å². The summed E-state index contributed by atoms with van der Waals surface area (Å²) >= 11 is 0. The molecule has 0 amide bonds. The van der Waals surface area contributed by atoms with E-state index in [0.717, 1.165) is 22.5 Å². The normalized spacial score (nSPS) is 15.4. The highest BCUT2D eigenvalue weighted by Crippen LogP contribution is 2.33. The minimum atomic E-state index is -2.91. The summed E-state index contributed by atoms with van der Waals surface area (Å²) < 4.78 is 49.6. The van der Waals surface area contributed by atoms with Crippen LogP contribution in [0.25, 0.3) is 21.8 Å². The minimum absolute atomic E-state index is 0.0453. The van der Waals surface area contributed by atoms with Gasteiger partial charge < -0.3 is 10.1 Å². The zero-order valence-electron chi connectivity index (χ0n) is 18.3. The van der Waals surface area contributed by atoms with Gasteiger partial charge in [0.25, 0.3) is 6.43 Å². The molecule has 0 radical (unpaired) electrons. The molecule has 2 aromatic carbocycles. The van der Waals surface area contributed by atoms with Crippen LogP contribution in [0.1, 0.15) is 42.3 Å². The Morgan fingerprint density at radius 3 is 2.48 bits per heavy atom. The largest absolute Gasteiger partial charge is 0.377 e. The van der Waals surface area contributed by atoms with Crippen molar-refractivity contribution in [2.24, 2.45) is 7.05 Å². The van der Waals surface area contributed by atoms with E-state index in [9.17, 15) is 18.0 Å². The van der Waals surface area contributed by atoms with Gasteiger partial charge in [0.2, 0.25) is 0 Å². The Balaban J connectivity index is 1.64. The summed E-state index contributed by atoms with van der Waals surface area (Å²) in [6.45, 7) is 4.41. The molecule has 3 heterocycles. The molecule has 5 rings (SSSR count). The van der Waals surface area contributed by atoms with Crippen molar-refractivity contribution in [3.63, 3.8) is 0 Å². The number of aromatic nitrogens is 4. The van der Waals surface area contributed by atoms with E-state index in [4.69, 9.17) is 4.74 Å². The molecule has 0 saturated carbocycles. The number of anilines is 1. The lowest BCUT2D eigenvalue weighted by molar-refractivity contribution is -0.0231. The highest BCUT2D eigenvalue weighted by Gasteiger charge is 2.27. The second kappa shape index (κ2) is 7.87. The summed E-state index contributed by atoms with van der Waals surface area (Å²) in [7, 11) is 1.72. The maximum Gasteiger partial charge on any atom is 0.329 e. The quantitative estimate of drug-likeness (QED) is 0.481. The lowest BCUT2D eigenvalue weighted by atomic mass is 10.0. The molecule has 0 unspecified atom stereocenters. The summed E-state index contributed by atoms with van der Waals surface area (Å²) in [5.41, 5.74) is 1.48. The molecule has 1 aliphatic heterocycles. The molecule has 0 bridgehead atoms. The van der Waals surface area contributed by atoms with Crippen molar-refractivity contribution in [2.45, 2.75) is 32.4 Å². The first-order chi connectivity index (χ1) is 15.8. The van der Waals surface area contributed by atoms with Crippen LogP contribution in [0, 0.1) is 12.7 Å².